The van der Waals surface area contributed by atoms with Crippen molar-refractivity contribution in [2.45, 2.75) is 129 Å². The van der Waals surface area contributed by atoms with E-state index in [1.54, 1.807) is 28.8 Å². The van der Waals surface area contributed by atoms with Gasteiger partial charge in [-0.1, -0.05) is 35.3 Å². The third-order valence-electron chi connectivity index (χ3n) is 14.2. The van der Waals surface area contributed by atoms with Crippen LogP contribution in [0, 0.1) is 13.8 Å². The van der Waals surface area contributed by atoms with Crippen molar-refractivity contribution in [3.05, 3.63) is 116 Å². The van der Waals surface area contributed by atoms with E-state index in [0.717, 1.165) is 128 Å². The van der Waals surface area contributed by atoms with Crippen LogP contribution >= 0.6 is 23.2 Å². The number of carbonyl (C=O) groups excluding carboxylic acids is 3. The van der Waals surface area contributed by atoms with Crippen molar-refractivity contribution in [2.75, 3.05) is 49.1 Å². The maximum atomic E-state index is 13.7. The van der Waals surface area contributed by atoms with Crippen molar-refractivity contribution in [3.63, 3.8) is 0 Å². The Morgan fingerprint density at radius 1 is 0.671 bits per heavy atom. The smallest absolute Gasteiger partial charge is 0.407 e. The molecule has 4 fully saturated rings. The minimum absolute atomic E-state index is 0.0144. The van der Waals surface area contributed by atoms with Crippen LogP contribution in [-0.2, 0) is 17.8 Å². The Morgan fingerprint density at radius 3 is 1.60 bits per heavy atom. The van der Waals surface area contributed by atoms with E-state index in [0.29, 0.717) is 40.8 Å². The third kappa shape index (κ3) is 11.5. The second kappa shape index (κ2) is 21.8. The summed E-state index contributed by atoms with van der Waals surface area (Å²) in [6.07, 6.45) is 11.0. The van der Waals surface area contributed by atoms with Crippen LogP contribution in [0.5, 0.6) is 0 Å². The zero-order valence-electron chi connectivity index (χ0n) is 42.5. The van der Waals surface area contributed by atoms with Gasteiger partial charge in [0, 0.05) is 115 Å². The van der Waals surface area contributed by atoms with Gasteiger partial charge in [0.1, 0.15) is 17.2 Å². The van der Waals surface area contributed by atoms with Gasteiger partial charge < -0.3 is 46.9 Å². The first-order chi connectivity index (χ1) is 35.0. The summed E-state index contributed by atoms with van der Waals surface area (Å²) in [5.74, 6) is 1.71. The second-order valence-corrected chi connectivity index (χ2v) is 21.7. The first-order valence-corrected chi connectivity index (χ1v) is 26.3. The van der Waals surface area contributed by atoms with Crippen LogP contribution in [0.25, 0.3) is 11.3 Å². The highest BCUT2D eigenvalue weighted by Gasteiger charge is 2.35. The van der Waals surface area contributed by atoms with E-state index >= 15 is 0 Å². The van der Waals surface area contributed by atoms with Crippen molar-refractivity contribution >= 4 is 64.0 Å². The number of benzene rings is 2. The molecule has 7 N–H and O–H groups in total. The lowest BCUT2D eigenvalue weighted by Gasteiger charge is -2.35. The first-order valence-electron chi connectivity index (χ1n) is 25.5. The van der Waals surface area contributed by atoms with Gasteiger partial charge >= 0.3 is 6.09 Å². The maximum absolute atomic E-state index is 13.7. The molecular formula is C53H68Cl2N14O4. The molecule has 4 aliphatic rings. The van der Waals surface area contributed by atoms with Crippen molar-refractivity contribution in [2.24, 2.45) is 17.2 Å². The molecule has 0 radical (unpaired) electrons. The average molecular weight is 1040 g/mol. The molecule has 6 aromatic rings. The molecule has 18 nitrogen and oxygen atoms in total. The highest BCUT2D eigenvalue weighted by Crippen LogP contribution is 2.36. The number of nitrogens with one attached hydrogen (secondary N) is 1. The summed E-state index contributed by atoms with van der Waals surface area (Å²) in [5, 5.41) is 13.7. The Labute approximate surface area is 436 Å². The van der Waals surface area contributed by atoms with Crippen molar-refractivity contribution in [1.29, 1.82) is 0 Å². The number of likely N-dealkylation sites (tertiary alicyclic amines) is 2. The number of ether oxygens (including phenoxy) is 1. The fourth-order valence-electron chi connectivity index (χ4n) is 10.7. The van der Waals surface area contributed by atoms with Crippen LogP contribution in [-0.4, -0.2) is 114 Å². The Kier molecular flexibility index (Phi) is 15.5. The number of aromatic nitrogens is 6. The minimum Gasteiger partial charge on any atom is -0.444 e. The molecule has 4 aromatic heterocycles. The van der Waals surface area contributed by atoms with E-state index in [9.17, 15) is 14.4 Å². The Balaban J connectivity index is 0.000000183. The summed E-state index contributed by atoms with van der Waals surface area (Å²) in [5.41, 5.74) is 25.4. The zero-order valence-corrected chi connectivity index (χ0v) is 44.0. The molecule has 3 amide bonds. The Bertz CT molecular complexity index is 3010. The minimum atomic E-state index is -0.537. The lowest BCUT2D eigenvalue weighted by atomic mass is 9.97. The van der Waals surface area contributed by atoms with Crippen LogP contribution in [0.2, 0.25) is 10.0 Å². The van der Waals surface area contributed by atoms with E-state index in [4.69, 9.17) is 65.3 Å². The number of hydrogen-bond donors (Lipinski definition) is 4. The number of rotatable bonds is 9. The summed E-state index contributed by atoms with van der Waals surface area (Å²) in [6.45, 7) is 14.7. The lowest BCUT2D eigenvalue weighted by Crippen LogP contribution is -2.40. The molecule has 4 aliphatic heterocycles. The maximum Gasteiger partial charge on any atom is 0.407 e. The number of carbonyl (C=O) groups is 3. The van der Waals surface area contributed by atoms with Crippen LogP contribution < -0.4 is 32.3 Å². The molecule has 0 bridgehead atoms. The number of alkyl carbamates (subject to hydrolysis) is 1. The van der Waals surface area contributed by atoms with Gasteiger partial charge in [0.05, 0.1) is 29.5 Å². The van der Waals surface area contributed by atoms with Crippen LogP contribution in [0.3, 0.4) is 0 Å². The number of nitrogens with two attached hydrogens (primary N) is 3. The van der Waals surface area contributed by atoms with E-state index in [2.05, 4.69) is 22.0 Å². The molecule has 388 valence electrons. The highest BCUT2D eigenvalue weighted by atomic mass is 35.5. The van der Waals surface area contributed by atoms with Gasteiger partial charge in [0.2, 0.25) is 0 Å². The fourth-order valence-corrected chi connectivity index (χ4v) is 11.0. The highest BCUT2D eigenvalue weighted by molar-refractivity contribution is 6.31. The molecule has 4 atom stereocenters. The zero-order chi connectivity index (χ0) is 51.7. The normalized spacial score (nSPS) is 20.4. The summed E-state index contributed by atoms with van der Waals surface area (Å²) in [6, 6.07) is 14.5. The molecule has 0 unspecified atom stereocenters. The van der Waals surface area contributed by atoms with Gasteiger partial charge in [-0.05, 0) is 121 Å². The van der Waals surface area contributed by atoms with E-state index < -0.39 is 11.7 Å². The average Bonchev–Trinajstić information content (AvgIpc) is 4.20. The molecule has 2 aromatic carbocycles. The molecule has 0 aliphatic carbocycles. The van der Waals surface area contributed by atoms with Gasteiger partial charge in [0.25, 0.3) is 11.8 Å². The Morgan fingerprint density at radius 2 is 1.15 bits per heavy atom. The van der Waals surface area contributed by atoms with Crippen LogP contribution in [0.1, 0.15) is 139 Å². The largest absolute Gasteiger partial charge is 0.444 e. The third-order valence-corrected chi connectivity index (χ3v) is 14.7. The second-order valence-electron chi connectivity index (χ2n) is 20.8. The number of anilines is 2. The molecule has 0 saturated carbocycles. The predicted molar refractivity (Wildman–Crippen MR) is 284 cm³/mol. The monoisotopic (exact) mass is 1030 g/mol. The summed E-state index contributed by atoms with van der Waals surface area (Å²) in [4.78, 5) is 57.7. The Hall–Kier alpha value is -6.05. The number of nitrogens with zero attached hydrogens (tertiary/aromatic N) is 10. The molecule has 0 spiro atoms. The first kappa shape index (κ1) is 51.8. The number of halogens is 2. The topological polar surface area (TPSA) is 224 Å². The van der Waals surface area contributed by atoms with Gasteiger partial charge in [-0.2, -0.15) is 10.2 Å². The number of amides is 3. The lowest BCUT2D eigenvalue weighted by molar-refractivity contribution is 0.0507. The van der Waals surface area contributed by atoms with Gasteiger partial charge in [-0.3, -0.25) is 9.59 Å². The van der Waals surface area contributed by atoms with E-state index in [1.165, 1.54) is 0 Å². The van der Waals surface area contributed by atoms with E-state index in [-0.39, 0.29) is 49.1 Å². The van der Waals surface area contributed by atoms with Gasteiger partial charge in [-0.25, -0.2) is 23.8 Å². The molecule has 10 rings (SSSR count). The van der Waals surface area contributed by atoms with E-state index in [1.807, 2.05) is 78.7 Å². The molecular weight excluding hydrogens is 968 g/mol. The SMILES string of the molecule is Cc1cn2nc([C@@H]3CCCCN3C(=O)c3cc(Cl)ccc3CN)cc2nc1N1CC[C@H](N)C1.Cc1cn2nc([C@@H]3CCCCN3C(=O)c3cc(Cl)ccc3CN)cc2nc1N1CC[C@H](NC(=O)OC(C)(C)C)C1. The van der Waals surface area contributed by atoms with Crippen molar-refractivity contribution in [1.82, 2.24) is 44.3 Å². The summed E-state index contributed by atoms with van der Waals surface area (Å²) >= 11 is 12.4. The van der Waals surface area contributed by atoms with Gasteiger partial charge in [0.15, 0.2) is 11.3 Å². The molecule has 8 heterocycles. The van der Waals surface area contributed by atoms with Crippen molar-refractivity contribution in [3.8, 4) is 0 Å². The molecule has 73 heavy (non-hydrogen) atoms. The van der Waals surface area contributed by atoms with Crippen LogP contribution in [0.4, 0.5) is 16.4 Å². The summed E-state index contributed by atoms with van der Waals surface area (Å²) in [7, 11) is 0. The van der Waals surface area contributed by atoms with Gasteiger partial charge in [-0.15, -0.1) is 0 Å². The van der Waals surface area contributed by atoms with Crippen molar-refractivity contribution < 1.29 is 19.1 Å². The number of aryl methyl sites for hydroxylation is 2. The standard InChI is InChI=1S/C29H38ClN7O3.C24H30ClN7O/c1-18-16-37-25(33-26(18)35-12-10-21(17-35)32-28(39)40-29(2,3)4)14-23(34-37)24-7-5-6-11-36(24)27(38)22-13-20(30)9-8-19(22)15-31;1-15-13-32-22(28-23(15)30-9-7-18(27)14-30)11-20(29-32)21-4-2-3-8-31(21)24(33)19-10-17(25)6-5-16(19)12-26/h8-9,13-14,16,21,24H,5-7,10-12,15,17,31H2,1-4H3,(H,32,39);5-6,10-11,13,18,21H,2-4,7-9,12,14,26-27H2,1H3/t21-,24-;18-,21-/m00/s1. The number of fused-ring (bicyclic) bond motifs is 2. The molecule has 20 heteroatoms. The summed E-state index contributed by atoms with van der Waals surface area (Å²) < 4.78 is 9.04. The number of piperidine rings is 2. The predicted octanol–water partition coefficient (Wildman–Crippen LogP) is 7.68. The molecule has 4 saturated heterocycles. The number of hydrogen-bond acceptors (Lipinski definition) is 13. The quantitative estimate of drug-likeness (QED) is 0.109. The van der Waals surface area contributed by atoms with Crippen LogP contribution in [0.15, 0.2) is 60.9 Å². The fraction of sp³-hybridized carbons (Fsp3) is 0.491.